The van der Waals surface area contributed by atoms with E-state index in [2.05, 4.69) is 10.4 Å². The van der Waals surface area contributed by atoms with Gasteiger partial charge in [-0.25, -0.2) is 13.9 Å². The fourth-order valence-corrected chi connectivity index (χ4v) is 3.17. The number of para-hydroxylation sites is 1. The van der Waals surface area contributed by atoms with Crippen LogP contribution in [0, 0.1) is 11.7 Å². The van der Waals surface area contributed by atoms with Gasteiger partial charge in [-0.3, -0.25) is 4.79 Å². The minimum Gasteiger partial charge on any atom is -0.480 e. The van der Waals surface area contributed by atoms with E-state index in [1.54, 1.807) is 32.0 Å². The molecule has 25 heavy (non-hydrogen) atoms. The zero-order chi connectivity index (χ0) is 18.1. The number of carboxylic acid groups (broad SMARTS) is 1. The van der Waals surface area contributed by atoms with Crippen molar-refractivity contribution in [3.05, 3.63) is 47.0 Å². The first-order valence-corrected chi connectivity index (χ1v) is 8.29. The molecule has 2 N–H and O–H groups in total. The quantitative estimate of drug-likeness (QED) is 0.871. The Balaban J connectivity index is 1.99. The molecule has 1 amide bonds. The molecular formula is C18H20FN3O3. The van der Waals surface area contributed by atoms with Crippen molar-refractivity contribution in [1.29, 1.82) is 0 Å². The van der Waals surface area contributed by atoms with Gasteiger partial charge in [-0.1, -0.05) is 26.0 Å². The van der Waals surface area contributed by atoms with Crippen LogP contribution in [0.25, 0.3) is 5.69 Å². The number of carboxylic acids is 1. The summed E-state index contributed by atoms with van der Waals surface area (Å²) in [5.41, 5.74) is 2.06. The molecule has 1 aromatic heterocycles. The summed E-state index contributed by atoms with van der Waals surface area (Å²) >= 11 is 0. The Morgan fingerprint density at radius 1 is 1.28 bits per heavy atom. The maximum atomic E-state index is 14.1. The Morgan fingerprint density at radius 3 is 2.64 bits per heavy atom. The summed E-state index contributed by atoms with van der Waals surface area (Å²) in [5.74, 6) is -2.30. The Labute approximate surface area is 144 Å². The van der Waals surface area contributed by atoms with Gasteiger partial charge in [0.2, 0.25) is 0 Å². The van der Waals surface area contributed by atoms with Crippen molar-refractivity contribution in [3.63, 3.8) is 0 Å². The van der Waals surface area contributed by atoms with E-state index in [9.17, 15) is 19.1 Å². The number of hydrogen-bond donors (Lipinski definition) is 2. The van der Waals surface area contributed by atoms with Crippen LogP contribution in [0.4, 0.5) is 4.39 Å². The molecule has 0 aliphatic heterocycles. The molecule has 1 aliphatic rings. The van der Waals surface area contributed by atoms with E-state index in [4.69, 9.17) is 0 Å². The number of carbonyl (C=O) groups excluding carboxylic acids is 1. The monoisotopic (exact) mass is 345 g/mol. The van der Waals surface area contributed by atoms with Crippen LogP contribution in [0.1, 0.15) is 42.0 Å². The van der Waals surface area contributed by atoms with Crippen LogP contribution in [0.5, 0.6) is 0 Å². The molecule has 0 spiro atoms. The number of nitrogens with zero attached hydrogens (tertiary/aromatic N) is 2. The largest absolute Gasteiger partial charge is 0.480 e. The first-order chi connectivity index (χ1) is 11.9. The maximum Gasteiger partial charge on any atom is 0.326 e. The molecule has 1 atom stereocenters. The van der Waals surface area contributed by atoms with Crippen LogP contribution in [-0.2, 0) is 17.6 Å². The minimum absolute atomic E-state index is 0.183. The number of aromatic nitrogens is 2. The van der Waals surface area contributed by atoms with Gasteiger partial charge < -0.3 is 10.4 Å². The van der Waals surface area contributed by atoms with Crippen LogP contribution in [0.2, 0.25) is 0 Å². The summed E-state index contributed by atoms with van der Waals surface area (Å²) in [6.45, 7) is 3.45. The molecule has 0 bridgehead atoms. The van der Waals surface area contributed by atoms with Crippen LogP contribution in [-0.4, -0.2) is 32.8 Å². The second-order valence-corrected chi connectivity index (χ2v) is 6.52. The van der Waals surface area contributed by atoms with Crippen LogP contribution in [0.15, 0.2) is 24.3 Å². The Morgan fingerprint density at radius 2 is 2.00 bits per heavy atom. The first-order valence-electron chi connectivity index (χ1n) is 8.29. The number of nitrogens with one attached hydrogen (secondary N) is 1. The number of benzene rings is 1. The second-order valence-electron chi connectivity index (χ2n) is 6.52. The van der Waals surface area contributed by atoms with Crippen LogP contribution in [0.3, 0.4) is 0 Å². The fraction of sp³-hybridized carbons (Fsp3) is 0.389. The topological polar surface area (TPSA) is 84.2 Å². The lowest BCUT2D eigenvalue weighted by atomic mass is 10.0. The van der Waals surface area contributed by atoms with Crippen molar-refractivity contribution in [1.82, 2.24) is 15.1 Å². The number of carbonyl (C=O) groups is 2. The highest BCUT2D eigenvalue weighted by Gasteiger charge is 2.31. The number of fused-ring (bicyclic) bond motifs is 1. The summed E-state index contributed by atoms with van der Waals surface area (Å²) in [4.78, 5) is 23.9. The molecule has 0 radical (unpaired) electrons. The third kappa shape index (κ3) is 3.14. The molecule has 7 heteroatoms. The smallest absolute Gasteiger partial charge is 0.326 e. The molecule has 132 valence electrons. The van der Waals surface area contributed by atoms with Crippen molar-refractivity contribution in [2.45, 2.75) is 39.2 Å². The average molecular weight is 345 g/mol. The van der Waals surface area contributed by atoms with Gasteiger partial charge in [0.1, 0.15) is 17.5 Å². The molecule has 0 fully saturated rings. The van der Waals surface area contributed by atoms with Crippen molar-refractivity contribution >= 4 is 11.9 Å². The van der Waals surface area contributed by atoms with Crippen molar-refractivity contribution < 1.29 is 19.1 Å². The molecule has 1 unspecified atom stereocenters. The molecule has 0 saturated heterocycles. The van der Waals surface area contributed by atoms with Crippen molar-refractivity contribution in [2.75, 3.05) is 0 Å². The SMILES string of the molecule is CC(C)C(NC(=O)c1nn(-c2ccccc2F)c2c1CCC2)C(=O)O. The summed E-state index contributed by atoms with van der Waals surface area (Å²) in [6.07, 6.45) is 2.23. The van der Waals surface area contributed by atoms with Gasteiger partial charge >= 0.3 is 5.97 Å². The number of amides is 1. The maximum absolute atomic E-state index is 14.1. The summed E-state index contributed by atoms with van der Waals surface area (Å²) < 4.78 is 15.6. The van der Waals surface area contributed by atoms with E-state index in [-0.39, 0.29) is 11.6 Å². The Kier molecular flexibility index (Phi) is 4.57. The van der Waals surface area contributed by atoms with E-state index in [0.29, 0.717) is 18.5 Å². The second kappa shape index (κ2) is 6.66. The molecule has 1 heterocycles. The lowest BCUT2D eigenvalue weighted by molar-refractivity contribution is -0.140. The number of aliphatic carboxylic acids is 1. The lowest BCUT2D eigenvalue weighted by Crippen LogP contribution is -2.44. The van der Waals surface area contributed by atoms with E-state index in [1.165, 1.54) is 10.7 Å². The normalized spacial score (nSPS) is 14.4. The summed E-state index contributed by atoms with van der Waals surface area (Å²) in [7, 11) is 0. The van der Waals surface area contributed by atoms with Gasteiger partial charge in [0, 0.05) is 11.3 Å². The molecule has 3 rings (SSSR count). The standard InChI is InChI=1S/C18H20FN3O3/c1-10(2)15(18(24)25)20-17(23)16-11-6-5-9-13(11)22(21-16)14-8-4-3-7-12(14)19/h3-4,7-8,10,15H,5-6,9H2,1-2H3,(H,20,23)(H,24,25). The molecule has 2 aromatic rings. The van der Waals surface area contributed by atoms with Crippen molar-refractivity contribution in [3.8, 4) is 5.69 Å². The zero-order valence-corrected chi connectivity index (χ0v) is 14.1. The van der Waals surface area contributed by atoms with Gasteiger partial charge in [0.15, 0.2) is 5.69 Å². The van der Waals surface area contributed by atoms with Gasteiger partial charge in [-0.15, -0.1) is 0 Å². The van der Waals surface area contributed by atoms with Crippen molar-refractivity contribution in [2.24, 2.45) is 5.92 Å². The van der Waals surface area contributed by atoms with Gasteiger partial charge in [0.05, 0.1) is 0 Å². The molecule has 6 nitrogen and oxygen atoms in total. The van der Waals surface area contributed by atoms with Gasteiger partial charge in [-0.2, -0.15) is 5.10 Å². The molecule has 0 saturated carbocycles. The summed E-state index contributed by atoms with van der Waals surface area (Å²) in [6, 6.07) is 5.26. The highest BCUT2D eigenvalue weighted by atomic mass is 19.1. The van der Waals surface area contributed by atoms with Crippen LogP contribution >= 0.6 is 0 Å². The van der Waals surface area contributed by atoms with E-state index >= 15 is 0 Å². The van der Waals surface area contributed by atoms with Gasteiger partial charge in [-0.05, 0) is 37.3 Å². The minimum atomic E-state index is -1.09. The third-order valence-electron chi connectivity index (χ3n) is 4.45. The highest BCUT2D eigenvalue weighted by Crippen LogP contribution is 2.28. The fourth-order valence-electron chi connectivity index (χ4n) is 3.17. The van der Waals surface area contributed by atoms with E-state index in [0.717, 1.165) is 17.7 Å². The number of halogens is 1. The highest BCUT2D eigenvalue weighted by molar-refractivity contribution is 5.96. The predicted octanol–water partition coefficient (Wildman–Crippen LogP) is 2.34. The molecule has 1 aromatic carbocycles. The zero-order valence-electron chi connectivity index (χ0n) is 14.1. The third-order valence-corrected chi connectivity index (χ3v) is 4.45. The van der Waals surface area contributed by atoms with E-state index in [1.807, 2.05) is 0 Å². The van der Waals surface area contributed by atoms with Crippen LogP contribution < -0.4 is 5.32 Å². The Bertz CT molecular complexity index is 829. The molecular weight excluding hydrogens is 325 g/mol. The molecule has 1 aliphatic carbocycles. The lowest BCUT2D eigenvalue weighted by Gasteiger charge is -2.17. The van der Waals surface area contributed by atoms with Gasteiger partial charge in [0.25, 0.3) is 5.91 Å². The Hall–Kier alpha value is -2.70. The summed E-state index contributed by atoms with van der Waals surface area (Å²) in [5, 5.41) is 16.1. The van der Waals surface area contributed by atoms with E-state index < -0.39 is 23.7 Å². The average Bonchev–Trinajstić information content (AvgIpc) is 3.14. The number of rotatable bonds is 5. The number of hydrogen-bond acceptors (Lipinski definition) is 3. The first kappa shape index (κ1) is 17.1. The predicted molar refractivity (Wildman–Crippen MR) is 89.3 cm³/mol.